The first-order chi connectivity index (χ1) is 6.52. The molecule has 0 heteroatoms. The normalized spacial score (nSPS) is 12.0. The zero-order valence-corrected chi connectivity index (χ0v) is 10.9. The SMILES string of the molecule is C[C](CCCC(C)C)CCCC(C)C. The maximum atomic E-state index is 2.33. The zero-order valence-electron chi connectivity index (χ0n) is 10.9. The topological polar surface area (TPSA) is 0 Å². The summed E-state index contributed by atoms with van der Waals surface area (Å²) in [4.78, 5) is 0. The first kappa shape index (κ1) is 14.0. The number of hydrogen-bond donors (Lipinski definition) is 0. The van der Waals surface area contributed by atoms with Crippen LogP contribution in [-0.2, 0) is 0 Å². The Hall–Kier alpha value is 0. The van der Waals surface area contributed by atoms with E-state index in [1.54, 1.807) is 5.92 Å². The third kappa shape index (κ3) is 10.1. The van der Waals surface area contributed by atoms with Crippen LogP contribution in [0.4, 0.5) is 0 Å². The summed E-state index contributed by atoms with van der Waals surface area (Å²) in [7, 11) is 0. The van der Waals surface area contributed by atoms with Gasteiger partial charge in [-0.15, -0.1) is 0 Å². The van der Waals surface area contributed by atoms with Crippen molar-refractivity contribution in [1.82, 2.24) is 0 Å². The van der Waals surface area contributed by atoms with Crippen molar-refractivity contribution in [3.05, 3.63) is 5.92 Å². The highest BCUT2D eigenvalue weighted by Crippen LogP contribution is 2.20. The molecule has 0 N–H and O–H groups in total. The zero-order chi connectivity index (χ0) is 11.0. The highest BCUT2D eigenvalue weighted by atomic mass is 14.1. The Balaban J connectivity index is 3.23. The van der Waals surface area contributed by atoms with E-state index in [0.29, 0.717) is 0 Å². The largest absolute Gasteiger partial charge is 0.0628 e. The van der Waals surface area contributed by atoms with E-state index >= 15 is 0 Å². The summed E-state index contributed by atoms with van der Waals surface area (Å²) in [6, 6.07) is 0. The van der Waals surface area contributed by atoms with E-state index in [0.717, 1.165) is 11.8 Å². The Morgan fingerprint density at radius 3 is 1.43 bits per heavy atom. The van der Waals surface area contributed by atoms with Crippen molar-refractivity contribution >= 4 is 0 Å². The van der Waals surface area contributed by atoms with Gasteiger partial charge < -0.3 is 0 Å². The predicted molar refractivity (Wildman–Crippen MR) is 66.3 cm³/mol. The maximum absolute atomic E-state index is 2.33. The van der Waals surface area contributed by atoms with Crippen LogP contribution in [0.15, 0.2) is 0 Å². The van der Waals surface area contributed by atoms with E-state index in [9.17, 15) is 0 Å². The fraction of sp³-hybridized carbons (Fsp3) is 0.929. The van der Waals surface area contributed by atoms with E-state index < -0.39 is 0 Å². The molecule has 14 heavy (non-hydrogen) atoms. The van der Waals surface area contributed by atoms with Gasteiger partial charge in [0.25, 0.3) is 0 Å². The van der Waals surface area contributed by atoms with Gasteiger partial charge in [0.05, 0.1) is 0 Å². The quantitative estimate of drug-likeness (QED) is 0.499. The molecule has 0 aromatic heterocycles. The molecule has 0 fully saturated rings. The lowest BCUT2D eigenvalue weighted by atomic mass is 9.94. The molecule has 0 aromatic carbocycles. The standard InChI is InChI=1S/C14H29/c1-12(2)8-6-10-14(5)11-7-9-13(3)4/h12-13H,6-11H2,1-5H3. The molecule has 0 aliphatic heterocycles. The smallest absolute Gasteiger partial charge is 0.0272 e. The van der Waals surface area contributed by atoms with Gasteiger partial charge >= 0.3 is 0 Å². The van der Waals surface area contributed by atoms with Gasteiger partial charge in [0.15, 0.2) is 0 Å². The van der Waals surface area contributed by atoms with Crippen LogP contribution >= 0.6 is 0 Å². The van der Waals surface area contributed by atoms with E-state index in [1.807, 2.05) is 0 Å². The molecule has 1 radical (unpaired) electrons. The number of rotatable bonds is 8. The lowest BCUT2D eigenvalue weighted by molar-refractivity contribution is 0.507. The third-order valence-corrected chi connectivity index (χ3v) is 2.77. The second kappa shape index (κ2) is 8.32. The molecule has 0 aliphatic carbocycles. The first-order valence-corrected chi connectivity index (χ1v) is 6.33. The Kier molecular flexibility index (Phi) is 8.32. The minimum atomic E-state index is 0.874. The molecule has 0 saturated carbocycles. The van der Waals surface area contributed by atoms with E-state index in [-0.39, 0.29) is 0 Å². The molecule has 0 heterocycles. The van der Waals surface area contributed by atoms with Crippen LogP contribution in [0, 0.1) is 17.8 Å². The van der Waals surface area contributed by atoms with Gasteiger partial charge in [0.2, 0.25) is 0 Å². The van der Waals surface area contributed by atoms with Gasteiger partial charge in [0, 0.05) is 0 Å². The van der Waals surface area contributed by atoms with Gasteiger partial charge in [-0.25, -0.2) is 0 Å². The molecule has 0 saturated heterocycles. The monoisotopic (exact) mass is 197 g/mol. The molecule has 0 aromatic rings. The molecule has 0 amide bonds. The minimum absolute atomic E-state index is 0.874. The van der Waals surface area contributed by atoms with Crippen molar-refractivity contribution in [3.63, 3.8) is 0 Å². The Morgan fingerprint density at radius 1 is 0.786 bits per heavy atom. The van der Waals surface area contributed by atoms with Gasteiger partial charge in [-0.3, -0.25) is 0 Å². The summed E-state index contributed by atoms with van der Waals surface area (Å²) in [5.74, 6) is 3.46. The van der Waals surface area contributed by atoms with Crippen LogP contribution in [0.2, 0.25) is 0 Å². The van der Waals surface area contributed by atoms with E-state index in [4.69, 9.17) is 0 Å². The molecule has 0 rings (SSSR count). The molecule has 0 nitrogen and oxygen atoms in total. The average molecular weight is 197 g/mol. The Bertz CT molecular complexity index is 99.2. The van der Waals surface area contributed by atoms with Crippen LogP contribution in [0.3, 0.4) is 0 Å². The maximum Gasteiger partial charge on any atom is -0.0272 e. The summed E-state index contributed by atoms with van der Waals surface area (Å²) < 4.78 is 0. The number of hydrogen-bond acceptors (Lipinski definition) is 0. The summed E-state index contributed by atoms with van der Waals surface area (Å²) in [6.45, 7) is 11.6. The summed E-state index contributed by atoms with van der Waals surface area (Å²) in [5.41, 5.74) is 0. The van der Waals surface area contributed by atoms with Crippen molar-refractivity contribution in [1.29, 1.82) is 0 Å². The summed E-state index contributed by atoms with van der Waals surface area (Å²) in [5, 5.41) is 0. The second-order valence-electron chi connectivity index (χ2n) is 5.53. The Labute approximate surface area is 91.5 Å². The molecule has 85 valence electrons. The summed E-state index contributed by atoms with van der Waals surface area (Å²) >= 11 is 0. The summed E-state index contributed by atoms with van der Waals surface area (Å²) in [6.07, 6.45) is 8.28. The highest BCUT2D eigenvalue weighted by molar-refractivity contribution is 4.83. The molecule has 0 atom stereocenters. The van der Waals surface area contributed by atoms with Crippen LogP contribution in [0.1, 0.15) is 73.1 Å². The molecule has 0 unspecified atom stereocenters. The molecule has 0 spiro atoms. The van der Waals surface area contributed by atoms with Crippen LogP contribution in [-0.4, -0.2) is 0 Å². The first-order valence-electron chi connectivity index (χ1n) is 6.33. The van der Waals surface area contributed by atoms with E-state index in [1.165, 1.54) is 38.5 Å². The predicted octanol–water partition coefficient (Wildman–Crippen LogP) is 5.23. The highest BCUT2D eigenvalue weighted by Gasteiger charge is 2.04. The van der Waals surface area contributed by atoms with Gasteiger partial charge in [-0.2, -0.15) is 0 Å². The van der Waals surface area contributed by atoms with Crippen molar-refractivity contribution in [2.45, 2.75) is 73.1 Å². The van der Waals surface area contributed by atoms with Crippen molar-refractivity contribution < 1.29 is 0 Å². The lowest BCUT2D eigenvalue weighted by Gasteiger charge is -2.12. The van der Waals surface area contributed by atoms with Crippen LogP contribution in [0.5, 0.6) is 0 Å². The minimum Gasteiger partial charge on any atom is -0.0628 e. The van der Waals surface area contributed by atoms with Gasteiger partial charge in [-0.1, -0.05) is 60.3 Å². The van der Waals surface area contributed by atoms with Gasteiger partial charge in [0.1, 0.15) is 0 Å². The molecule has 0 bridgehead atoms. The second-order valence-corrected chi connectivity index (χ2v) is 5.53. The van der Waals surface area contributed by atoms with Crippen molar-refractivity contribution in [2.24, 2.45) is 11.8 Å². The Morgan fingerprint density at radius 2 is 1.14 bits per heavy atom. The fourth-order valence-electron chi connectivity index (χ4n) is 1.75. The van der Waals surface area contributed by atoms with Crippen LogP contribution < -0.4 is 0 Å². The molecular formula is C14H29. The lowest BCUT2D eigenvalue weighted by Crippen LogP contribution is -1.96. The van der Waals surface area contributed by atoms with Crippen molar-refractivity contribution in [3.8, 4) is 0 Å². The molecular weight excluding hydrogens is 168 g/mol. The van der Waals surface area contributed by atoms with Crippen LogP contribution in [0.25, 0.3) is 0 Å². The third-order valence-electron chi connectivity index (χ3n) is 2.77. The fourth-order valence-corrected chi connectivity index (χ4v) is 1.75. The van der Waals surface area contributed by atoms with E-state index in [2.05, 4.69) is 34.6 Å². The van der Waals surface area contributed by atoms with Gasteiger partial charge in [-0.05, 0) is 30.6 Å². The average Bonchev–Trinajstić information content (AvgIpc) is 2.02. The van der Waals surface area contributed by atoms with Crippen molar-refractivity contribution in [2.75, 3.05) is 0 Å². The molecule has 0 aliphatic rings.